The number of H-pyrrole nitrogens is 2. The van der Waals surface area contributed by atoms with Crippen molar-refractivity contribution in [1.29, 1.82) is 0 Å². The van der Waals surface area contributed by atoms with E-state index in [0.717, 1.165) is 95.8 Å². The molecule has 6 rings (SSSR count). The van der Waals surface area contributed by atoms with Crippen molar-refractivity contribution in [2.24, 2.45) is 5.92 Å². The Labute approximate surface area is 216 Å². The molecule has 4 aromatic rings. The summed E-state index contributed by atoms with van der Waals surface area (Å²) < 4.78 is 5.44. The number of imidazole rings is 1. The fourth-order valence-electron chi connectivity index (χ4n) is 5.66. The molecule has 0 spiro atoms. The first-order chi connectivity index (χ1) is 18.1. The summed E-state index contributed by atoms with van der Waals surface area (Å²) in [5.74, 6) is 1.85. The Morgan fingerprint density at radius 2 is 2.05 bits per heavy atom. The molecule has 4 heterocycles. The maximum atomic E-state index is 12.9. The van der Waals surface area contributed by atoms with Crippen molar-refractivity contribution in [3.8, 4) is 28.4 Å². The average Bonchev–Trinajstić information content (AvgIpc) is 3.55. The van der Waals surface area contributed by atoms with Crippen molar-refractivity contribution in [3.63, 3.8) is 0 Å². The third-order valence-electron chi connectivity index (χ3n) is 7.86. The van der Waals surface area contributed by atoms with Crippen LogP contribution in [-0.4, -0.2) is 55.8 Å². The van der Waals surface area contributed by atoms with E-state index >= 15 is 0 Å². The summed E-state index contributed by atoms with van der Waals surface area (Å²) in [7, 11) is 0. The minimum atomic E-state index is 0.228. The van der Waals surface area contributed by atoms with Gasteiger partial charge in [0.2, 0.25) is 5.91 Å². The number of phenols is 1. The number of aromatic nitrogens is 4. The van der Waals surface area contributed by atoms with Gasteiger partial charge in [-0.15, -0.1) is 0 Å². The topological polar surface area (TPSA) is 107 Å². The van der Waals surface area contributed by atoms with Crippen molar-refractivity contribution in [3.05, 3.63) is 53.3 Å². The number of carbonyl (C=O) groups is 1. The van der Waals surface area contributed by atoms with Crippen LogP contribution in [0.3, 0.4) is 0 Å². The van der Waals surface area contributed by atoms with Gasteiger partial charge in [0.1, 0.15) is 11.4 Å². The van der Waals surface area contributed by atoms with Crippen LogP contribution in [0.15, 0.2) is 36.4 Å². The lowest BCUT2D eigenvalue weighted by Gasteiger charge is -2.27. The van der Waals surface area contributed by atoms with Gasteiger partial charge in [0.05, 0.1) is 23.4 Å². The number of aromatic amines is 2. The van der Waals surface area contributed by atoms with E-state index in [0.29, 0.717) is 25.4 Å². The quantitative estimate of drug-likeness (QED) is 0.347. The van der Waals surface area contributed by atoms with Crippen molar-refractivity contribution < 1.29 is 14.6 Å². The fourth-order valence-corrected chi connectivity index (χ4v) is 5.66. The first-order valence-electron chi connectivity index (χ1n) is 13.3. The fraction of sp³-hybridized carbons (Fsp3) is 0.414. The van der Waals surface area contributed by atoms with Crippen LogP contribution in [-0.2, 0) is 28.9 Å². The highest BCUT2D eigenvalue weighted by molar-refractivity contribution is 5.94. The van der Waals surface area contributed by atoms with E-state index in [2.05, 4.69) is 40.3 Å². The molecule has 1 amide bonds. The zero-order chi connectivity index (χ0) is 25.4. The third kappa shape index (κ3) is 4.73. The largest absolute Gasteiger partial charge is 0.508 e. The van der Waals surface area contributed by atoms with Crippen LogP contribution in [0.25, 0.3) is 33.5 Å². The number of fused-ring (bicyclic) bond motifs is 2. The van der Waals surface area contributed by atoms with Crippen LogP contribution in [0.2, 0.25) is 0 Å². The van der Waals surface area contributed by atoms with Crippen LogP contribution >= 0.6 is 0 Å². The minimum Gasteiger partial charge on any atom is -0.508 e. The van der Waals surface area contributed by atoms with Gasteiger partial charge in [-0.05, 0) is 72.6 Å². The number of aromatic hydroxyl groups is 1. The molecule has 1 fully saturated rings. The summed E-state index contributed by atoms with van der Waals surface area (Å²) >= 11 is 0. The first-order valence-corrected chi connectivity index (χ1v) is 13.3. The molecule has 0 aliphatic carbocycles. The molecule has 8 nitrogen and oxygen atoms in total. The smallest absolute Gasteiger partial charge is 0.222 e. The highest BCUT2D eigenvalue weighted by atomic mass is 16.5. The second-order valence-corrected chi connectivity index (χ2v) is 10.2. The van der Waals surface area contributed by atoms with Gasteiger partial charge >= 0.3 is 0 Å². The van der Waals surface area contributed by atoms with E-state index in [4.69, 9.17) is 9.72 Å². The Morgan fingerprint density at radius 3 is 2.89 bits per heavy atom. The van der Waals surface area contributed by atoms with E-state index in [1.807, 2.05) is 17.0 Å². The molecule has 3 N–H and O–H groups in total. The number of rotatable bonds is 6. The van der Waals surface area contributed by atoms with Gasteiger partial charge in [0.25, 0.3) is 0 Å². The lowest BCUT2D eigenvalue weighted by molar-refractivity contribution is -0.132. The SMILES string of the molecule is CCc1cc(O)ccc1-c1ccc2c(-c3nc4c([nH]3)CN(C(=O)CCC3CCOCC3)CC4)n[nH]c2c1. The number of aryl methyl sites for hydroxylation is 1. The zero-order valence-corrected chi connectivity index (χ0v) is 21.2. The Balaban J connectivity index is 1.19. The van der Waals surface area contributed by atoms with Crippen molar-refractivity contribution in [2.75, 3.05) is 19.8 Å². The number of carbonyl (C=O) groups excluding carboxylic acids is 1. The molecule has 0 radical (unpaired) electrons. The monoisotopic (exact) mass is 499 g/mol. The summed E-state index contributed by atoms with van der Waals surface area (Å²) in [4.78, 5) is 23.2. The zero-order valence-electron chi connectivity index (χ0n) is 21.2. The van der Waals surface area contributed by atoms with Crippen LogP contribution in [0, 0.1) is 5.92 Å². The van der Waals surface area contributed by atoms with E-state index < -0.39 is 0 Å². The predicted octanol–water partition coefficient (Wildman–Crippen LogP) is 4.98. The highest BCUT2D eigenvalue weighted by Gasteiger charge is 2.26. The van der Waals surface area contributed by atoms with Crippen molar-refractivity contribution in [1.82, 2.24) is 25.1 Å². The summed E-state index contributed by atoms with van der Waals surface area (Å²) in [6.07, 6.45) is 5.27. The predicted molar refractivity (Wildman–Crippen MR) is 142 cm³/mol. The van der Waals surface area contributed by atoms with Crippen LogP contribution in [0.5, 0.6) is 5.75 Å². The number of amides is 1. The molecule has 0 saturated carbocycles. The number of benzene rings is 2. The Morgan fingerprint density at radius 1 is 1.19 bits per heavy atom. The van der Waals surface area contributed by atoms with Crippen LogP contribution < -0.4 is 0 Å². The van der Waals surface area contributed by atoms with Crippen molar-refractivity contribution >= 4 is 16.8 Å². The Bertz CT molecular complexity index is 1430. The number of nitrogens with one attached hydrogen (secondary N) is 2. The molecule has 37 heavy (non-hydrogen) atoms. The molecular formula is C29H33N5O3. The normalized spacial score (nSPS) is 16.3. The van der Waals surface area contributed by atoms with Gasteiger partial charge in [0, 0.05) is 38.0 Å². The molecule has 2 aliphatic heterocycles. The summed E-state index contributed by atoms with van der Waals surface area (Å²) in [5, 5.41) is 18.6. The maximum Gasteiger partial charge on any atom is 0.222 e. The maximum absolute atomic E-state index is 12.9. The molecular weight excluding hydrogens is 466 g/mol. The molecule has 2 aromatic carbocycles. The number of nitrogens with zero attached hydrogens (tertiary/aromatic N) is 3. The second kappa shape index (κ2) is 10.0. The molecule has 192 valence electrons. The number of hydrogen-bond acceptors (Lipinski definition) is 5. The molecule has 0 atom stereocenters. The van der Waals surface area contributed by atoms with Crippen LogP contribution in [0.4, 0.5) is 0 Å². The third-order valence-corrected chi connectivity index (χ3v) is 7.86. The Kier molecular flexibility index (Phi) is 6.42. The molecule has 2 aliphatic rings. The lowest BCUT2D eigenvalue weighted by Crippen LogP contribution is -2.36. The molecule has 1 saturated heterocycles. The number of ether oxygens (including phenoxy) is 1. The van der Waals surface area contributed by atoms with Gasteiger partial charge in [0.15, 0.2) is 5.82 Å². The Hall–Kier alpha value is -3.65. The van der Waals surface area contributed by atoms with Crippen molar-refractivity contribution in [2.45, 2.75) is 52.0 Å². The molecule has 0 unspecified atom stereocenters. The van der Waals surface area contributed by atoms with Gasteiger partial charge < -0.3 is 19.7 Å². The van der Waals surface area contributed by atoms with E-state index in [-0.39, 0.29) is 11.7 Å². The van der Waals surface area contributed by atoms with Gasteiger partial charge in [-0.3, -0.25) is 9.89 Å². The molecule has 0 bridgehead atoms. The van der Waals surface area contributed by atoms with Gasteiger partial charge in [-0.25, -0.2) is 4.98 Å². The summed E-state index contributed by atoms with van der Waals surface area (Å²) in [6.45, 7) is 5.01. The average molecular weight is 500 g/mol. The standard InChI is InChI=1S/C29H33N5O3/c1-2-19-15-21(35)5-7-22(19)20-4-6-23-25(16-20)32-33-28(23)29-30-24-9-12-34(17-26(24)31-29)27(36)8-3-18-10-13-37-14-11-18/h4-7,15-16,18,35H,2-3,8-14,17H2,1H3,(H,30,31)(H,32,33). The summed E-state index contributed by atoms with van der Waals surface area (Å²) in [5.41, 5.74) is 7.03. The minimum absolute atomic E-state index is 0.228. The highest BCUT2D eigenvalue weighted by Crippen LogP contribution is 2.33. The second-order valence-electron chi connectivity index (χ2n) is 10.2. The van der Waals surface area contributed by atoms with Gasteiger partial charge in [-0.1, -0.05) is 19.1 Å². The number of hydrogen-bond donors (Lipinski definition) is 3. The first kappa shape index (κ1) is 23.7. The van der Waals surface area contributed by atoms with E-state index in [1.54, 1.807) is 6.07 Å². The van der Waals surface area contributed by atoms with E-state index in [1.165, 1.54) is 0 Å². The molecule has 2 aromatic heterocycles. The number of phenolic OH excluding ortho intramolecular Hbond substituents is 1. The van der Waals surface area contributed by atoms with Gasteiger partial charge in [-0.2, -0.15) is 5.10 Å². The lowest BCUT2D eigenvalue weighted by atomic mass is 9.94. The summed E-state index contributed by atoms with van der Waals surface area (Å²) in [6, 6.07) is 11.8. The van der Waals surface area contributed by atoms with Crippen LogP contribution in [0.1, 0.15) is 49.6 Å². The molecule has 8 heteroatoms. The van der Waals surface area contributed by atoms with E-state index in [9.17, 15) is 9.90 Å².